The summed E-state index contributed by atoms with van der Waals surface area (Å²) < 4.78 is 147. The van der Waals surface area contributed by atoms with E-state index in [9.17, 15) is 22.0 Å². The van der Waals surface area contributed by atoms with E-state index in [-0.39, 0.29) is 32.7 Å². The fourth-order valence-corrected chi connectivity index (χ4v) is 5.13. The van der Waals surface area contributed by atoms with E-state index >= 15 is 22.0 Å². The molecule has 12 heteroatoms. The van der Waals surface area contributed by atoms with Crippen LogP contribution in [0.2, 0.25) is 0 Å². The van der Waals surface area contributed by atoms with Crippen molar-refractivity contribution in [1.82, 2.24) is 4.98 Å². The summed E-state index contributed by atoms with van der Waals surface area (Å²) in [6, 6.07) is 14.7. The Morgan fingerprint density at radius 3 is 1.94 bits per heavy atom. The molecule has 0 aliphatic rings. The molecule has 6 aromatic rings. The van der Waals surface area contributed by atoms with E-state index in [0.29, 0.717) is 23.4 Å². The molecule has 0 aliphatic carbocycles. The largest absolute Gasteiger partial charge is 0.458 e. The SMILES string of the molecule is Cc1ccc(-c2ccc3c(F)c(C(F)(F)Oc4ccc(-c5ccc6c(F)c(C#CC(F)(F)F)c(F)cc6c5)c(F)c4)c(F)cc3c2)nc1. The van der Waals surface area contributed by atoms with E-state index in [1.807, 2.05) is 6.92 Å². The maximum atomic E-state index is 15.4. The van der Waals surface area contributed by atoms with Gasteiger partial charge in [0.1, 0.15) is 40.4 Å². The Labute approximate surface area is 265 Å². The van der Waals surface area contributed by atoms with Gasteiger partial charge in [-0.1, -0.05) is 36.3 Å². The average molecular weight is 670 g/mol. The highest BCUT2D eigenvalue weighted by Crippen LogP contribution is 2.40. The third-order valence-electron chi connectivity index (χ3n) is 7.38. The molecule has 1 aromatic heterocycles. The number of rotatable bonds is 5. The summed E-state index contributed by atoms with van der Waals surface area (Å²) in [5, 5.41) is -0.805. The zero-order chi connectivity index (χ0) is 34.5. The highest BCUT2D eigenvalue weighted by Gasteiger charge is 2.42. The molecule has 2 nitrogen and oxygen atoms in total. The summed E-state index contributed by atoms with van der Waals surface area (Å²) in [7, 11) is 0. The first-order chi connectivity index (χ1) is 22.6. The van der Waals surface area contributed by atoms with Crippen LogP contribution in [0.15, 0.2) is 85.1 Å². The van der Waals surface area contributed by atoms with Crippen molar-refractivity contribution >= 4 is 21.5 Å². The third kappa shape index (κ3) is 6.23. The van der Waals surface area contributed by atoms with Gasteiger partial charge in [0.25, 0.3) is 0 Å². The van der Waals surface area contributed by atoms with Crippen LogP contribution in [0, 0.1) is 47.9 Å². The van der Waals surface area contributed by atoms with Gasteiger partial charge < -0.3 is 4.74 Å². The lowest BCUT2D eigenvalue weighted by Crippen LogP contribution is -2.25. The molecule has 0 spiro atoms. The number of fused-ring (bicyclic) bond motifs is 2. The number of alkyl halides is 5. The Morgan fingerprint density at radius 2 is 1.29 bits per heavy atom. The zero-order valence-electron chi connectivity index (χ0n) is 24.2. The van der Waals surface area contributed by atoms with Crippen molar-refractivity contribution in [3.8, 4) is 40.0 Å². The number of halogens is 10. The molecule has 5 aromatic carbocycles. The number of ether oxygens (including phenoxy) is 1. The lowest BCUT2D eigenvalue weighted by atomic mass is 9.98. The minimum Gasteiger partial charge on any atom is -0.429 e. The van der Waals surface area contributed by atoms with Crippen molar-refractivity contribution in [2.75, 3.05) is 0 Å². The van der Waals surface area contributed by atoms with Gasteiger partial charge in [0.15, 0.2) is 0 Å². The quantitative estimate of drug-likeness (QED) is 0.135. The maximum absolute atomic E-state index is 15.4. The molecule has 0 radical (unpaired) electrons. The summed E-state index contributed by atoms with van der Waals surface area (Å²) >= 11 is 0. The van der Waals surface area contributed by atoms with Crippen molar-refractivity contribution in [1.29, 1.82) is 0 Å². The van der Waals surface area contributed by atoms with Crippen molar-refractivity contribution < 1.29 is 48.6 Å². The predicted octanol–water partition coefficient (Wildman–Crippen LogP) is 10.8. The lowest BCUT2D eigenvalue weighted by molar-refractivity contribution is -0.189. The molecule has 0 unspecified atom stereocenters. The Hall–Kier alpha value is -5.57. The second-order valence-corrected chi connectivity index (χ2v) is 10.7. The van der Waals surface area contributed by atoms with Gasteiger partial charge in [0.2, 0.25) is 0 Å². The fraction of sp³-hybridized carbons (Fsp3) is 0.0833. The highest BCUT2D eigenvalue weighted by atomic mass is 19.4. The Balaban J connectivity index is 1.29. The van der Waals surface area contributed by atoms with Crippen molar-refractivity contribution in [3.63, 3.8) is 0 Å². The molecule has 0 aliphatic heterocycles. The molecule has 0 N–H and O–H groups in total. The summed E-state index contributed by atoms with van der Waals surface area (Å²) in [5.41, 5.74) is -1.15. The van der Waals surface area contributed by atoms with E-state index < -0.39 is 58.2 Å². The number of hydrogen-bond donors (Lipinski definition) is 0. The van der Waals surface area contributed by atoms with E-state index in [2.05, 4.69) is 9.72 Å². The van der Waals surface area contributed by atoms with Crippen LogP contribution in [0.5, 0.6) is 5.75 Å². The van der Waals surface area contributed by atoms with Crippen LogP contribution in [-0.4, -0.2) is 11.2 Å². The maximum Gasteiger partial charge on any atom is 0.458 e. The van der Waals surface area contributed by atoms with Crippen LogP contribution in [0.4, 0.5) is 43.9 Å². The molecule has 0 atom stereocenters. The van der Waals surface area contributed by atoms with Crippen LogP contribution in [0.1, 0.15) is 16.7 Å². The fourth-order valence-electron chi connectivity index (χ4n) is 5.13. The average Bonchev–Trinajstić information content (AvgIpc) is 3.00. The lowest BCUT2D eigenvalue weighted by Gasteiger charge is -2.21. The van der Waals surface area contributed by atoms with Gasteiger partial charge in [-0.2, -0.15) is 22.0 Å². The van der Waals surface area contributed by atoms with Gasteiger partial charge in [0.05, 0.1) is 11.3 Å². The Morgan fingerprint density at radius 1 is 0.646 bits per heavy atom. The van der Waals surface area contributed by atoms with Crippen molar-refractivity contribution in [2.24, 2.45) is 0 Å². The number of hydrogen-bond acceptors (Lipinski definition) is 2. The zero-order valence-corrected chi connectivity index (χ0v) is 24.2. The molecule has 0 amide bonds. The van der Waals surface area contributed by atoms with Gasteiger partial charge in [-0.25, -0.2) is 22.0 Å². The Kier molecular flexibility index (Phi) is 8.03. The van der Waals surface area contributed by atoms with E-state index in [1.165, 1.54) is 24.1 Å². The number of benzene rings is 5. The summed E-state index contributed by atoms with van der Waals surface area (Å²) in [5.74, 6) is -5.68. The molecular formula is C36H17F10NO. The first kappa shape index (κ1) is 32.4. The van der Waals surface area contributed by atoms with Crippen LogP contribution in [0.3, 0.4) is 0 Å². The smallest absolute Gasteiger partial charge is 0.429 e. The molecule has 6 rings (SSSR count). The molecule has 1 heterocycles. The predicted molar refractivity (Wildman–Crippen MR) is 159 cm³/mol. The number of nitrogens with zero attached hydrogens (tertiary/aromatic N) is 1. The van der Waals surface area contributed by atoms with E-state index in [4.69, 9.17) is 0 Å². The third-order valence-corrected chi connectivity index (χ3v) is 7.38. The standard InChI is InChI=1S/C36H17F10NO/c1-18-2-9-31(47-17-18)20-4-7-26-22(13-20)15-30(39)32(34(26)41)36(45,46)48-23-5-8-24(29(38)16-23)19-3-6-25-21(12-19)14-28(37)27(33(25)40)10-11-35(42,43)44/h2-9,12-17H,1H3. The molecule has 48 heavy (non-hydrogen) atoms. The van der Waals surface area contributed by atoms with Gasteiger partial charge >= 0.3 is 12.3 Å². The minimum absolute atomic E-state index is 0.0121. The van der Waals surface area contributed by atoms with E-state index in [0.717, 1.165) is 47.9 Å². The first-order valence-corrected chi connectivity index (χ1v) is 13.8. The van der Waals surface area contributed by atoms with Gasteiger partial charge in [-0.3, -0.25) is 4.98 Å². The number of aryl methyl sites for hydroxylation is 1. The van der Waals surface area contributed by atoms with Crippen molar-refractivity contribution in [2.45, 2.75) is 19.2 Å². The summed E-state index contributed by atoms with van der Waals surface area (Å²) in [6.45, 7) is 1.83. The summed E-state index contributed by atoms with van der Waals surface area (Å²) in [6.07, 6.45) is -7.99. The molecule has 0 fully saturated rings. The topological polar surface area (TPSA) is 22.1 Å². The van der Waals surface area contributed by atoms with Crippen molar-refractivity contribution in [3.05, 3.63) is 131 Å². The van der Waals surface area contributed by atoms with E-state index in [1.54, 1.807) is 18.3 Å². The monoisotopic (exact) mass is 669 g/mol. The molecule has 0 saturated carbocycles. The van der Waals surface area contributed by atoms with Crippen LogP contribution >= 0.6 is 0 Å². The molecule has 242 valence electrons. The van der Waals surface area contributed by atoms with Crippen LogP contribution in [-0.2, 0) is 6.11 Å². The first-order valence-electron chi connectivity index (χ1n) is 13.8. The van der Waals surface area contributed by atoms with Gasteiger partial charge in [0, 0.05) is 40.1 Å². The van der Waals surface area contributed by atoms with Gasteiger partial charge in [-0.05, 0) is 71.3 Å². The normalized spacial score (nSPS) is 11.9. The molecule has 0 saturated heterocycles. The molecular weight excluding hydrogens is 652 g/mol. The Bertz CT molecular complexity index is 2300. The minimum atomic E-state index is -4.99. The van der Waals surface area contributed by atoms with Crippen LogP contribution in [0.25, 0.3) is 43.9 Å². The second-order valence-electron chi connectivity index (χ2n) is 10.7. The second kappa shape index (κ2) is 11.9. The highest BCUT2D eigenvalue weighted by molar-refractivity contribution is 5.90. The summed E-state index contributed by atoms with van der Waals surface area (Å²) in [4.78, 5) is 4.25. The number of aromatic nitrogens is 1. The molecule has 0 bridgehead atoms. The number of pyridine rings is 1. The van der Waals surface area contributed by atoms with Crippen LogP contribution < -0.4 is 4.74 Å². The van der Waals surface area contributed by atoms with Gasteiger partial charge in [-0.15, -0.1) is 0 Å².